The molecule has 10 heteroatoms. The van der Waals surface area contributed by atoms with Crippen molar-refractivity contribution in [2.75, 3.05) is 28.6 Å². The van der Waals surface area contributed by atoms with Crippen molar-refractivity contribution in [1.82, 2.24) is 4.98 Å². The number of alkyl halides is 3. The van der Waals surface area contributed by atoms with Crippen LogP contribution in [-0.4, -0.2) is 35.1 Å². The van der Waals surface area contributed by atoms with Gasteiger partial charge in [0.2, 0.25) is 0 Å². The molecule has 0 spiro atoms. The van der Waals surface area contributed by atoms with Crippen LogP contribution in [0.2, 0.25) is 0 Å². The molecule has 1 amide bonds. The van der Waals surface area contributed by atoms with E-state index >= 15 is 0 Å². The molecule has 2 heterocycles. The Morgan fingerprint density at radius 3 is 2.24 bits per heavy atom. The van der Waals surface area contributed by atoms with Crippen LogP contribution >= 0.6 is 0 Å². The van der Waals surface area contributed by atoms with Gasteiger partial charge in [-0.05, 0) is 85.8 Å². The number of hydrogen-bond acceptors (Lipinski definition) is 5. The van der Waals surface area contributed by atoms with E-state index in [2.05, 4.69) is 20.5 Å². The lowest BCUT2D eigenvalue weighted by molar-refractivity contribution is -0.138. The monoisotopic (exact) mass is 512 g/mol. The molecule has 0 aliphatic carbocycles. The van der Waals surface area contributed by atoms with E-state index in [0.717, 1.165) is 67.1 Å². The summed E-state index contributed by atoms with van der Waals surface area (Å²) in [4.78, 5) is 30.0. The first-order chi connectivity index (χ1) is 17.6. The molecule has 2 aromatic carbocycles. The Kier molecular flexibility index (Phi) is 7.66. The molecule has 0 unspecified atom stereocenters. The van der Waals surface area contributed by atoms with Crippen molar-refractivity contribution < 1.29 is 27.9 Å². The third-order valence-corrected chi connectivity index (χ3v) is 6.38. The van der Waals surface area contributed by atoms with Gasteiger partial charge in [-0.1, -0.05) is 0 Å². The SMILES string of the molecule is Cc1cc(NC(=O)c2ccc(C(F)(F)F)cc2)cnc1Nc1ccc(N2CCC(CC(=O)O)CC2)cc1. The first kappa shape index (κ1) is 26.0. The molecule has 0 saturated carbocycles. The third-order valence-electron chi connectivity index (χ3n) is 6.38. The van der Waals surface area contributed by atoms with E-state index in [-0.39, 0.29) is 17.9 Å². The Labute approximate surface area is 212 Å². The number of nitrogens with one attached hydrogen (secondary N) is 2. The van der Waals surface area contributed by atoms with Crippen LogP contribution < -0.4 is 15.5 Å². The van der Waals surface area contributed by atoms with Crippen molar-refractivity contribution in [2.45, 2.75) is 32.4 Å². The van der Waals surface area contributed by atoms with Gasteiger partial charge in [-0.15, -0.1) is 0 Å². The predicted molar refractivity (Wildman–Crippen MR) is 135 cm³/mol. The number of carbonyl (C=O) groups excluding carboxylic acids is 1. The highest BCUT2D eigenvalue weighted by molar-refractivity contribution is 6.04. The van der Waals surface area contributed by atoms with Crippen LogP contribution in [0.1, 0.15) is 40.7 Å². The number of amides is 1. The topological polar surface area (TPSA) is 94.6 Å². The zero-order chi connectivity index (χ0) is 26.6. The van der Waals surface area contributed by atoms with Crippen molar-refractivity contribution in [1.29, 1.82) is 0 Å². The van der Waals surface area contributed by atoms with Crippen molar-refractivity contribution >= 4 is 34.8 Å². The number of carboxylic acids is 1. The minimum atomic E-state index is -4.46. The fraction of sp³-hybridized carbons (Fsp3) is 0.296. The van der Waals surface area contributed by atoms with Crippen molar-refractivity contribution in [3.8, 4) is 0 Å². The number of carboxylic acid groups (broad SMARTS) is 1. The summed E-state index contributed by atoms with van der Waals surface area (Å²) in [5.74, 6) is -0.438. The number of pyridine rings is 1. The van der Waals surface area contributed by atoms with Crippen LogP contribution in [0.25, 0.3) is 0 Å². The normalized spacial score (nSPS) is 14.3. The summed E-state index contributed by atoms with van der Waals surface area (Å²) in [6.45, 7) is 3.48. The number of nitrogens with zero attached hydrogens (tertiary/aromatic N) is 2. The van der Waals surface area contributed by atoms with Crippen molar-refractivity contribution in [2.24, 2.45) is 5.92 Å². The minimum absolute atomic E-state index is 0.110. The number of aryl methyl sites for hydroxylation is 1. The summed E-state index contributed by atoms with van der Waals surface area (Å²) in [6, 6.07) is 13.7. The quantitative estimate of drug-likeness (QED) is 0.354. The van der Waals surface area contributed by atoms with Crippen LogP contribution in [-0.2, 0) is 11.0 Å². The number of rotatable bonds is 7. The second kappa shape index (κ2) is 10.9. The molecule has 1 saturated heterocycles. The van der Waals surface area contributed by atoms with E-state index in [1.54, 1.807) is 6.07 Å². The molecule has 1 aliphatic heterocycles. The molecule has 1 aliphatic rings. The lowest BCUT2D eigenvalue weighted by Gasteiger charge is -2.33. The fourth-order valence-electron chi connectivity index (χ4n) is 4.32. The number of anilines is 4. The van der Waals surface area contributed by atoms with Crippen LogP contribution in [0.15, 0.2) is 60.8 Å². The average Bonchev–Trinajstić information content (AvgIpc) is 2.86. The van der Waals surface area contributed by atoms with Gasteiger partial charge in [-0.3, -0.25) is 9.59 Å². The Morgan fingerprint density at radius 2 is 1.68 bits per heavy atom. The lowest BCUT2D eigenvalue weighted by Crippen LogP contribution is -2.34. The summed E-state index contributed by atoms with van der Waals surface area (Å²) in [5, 5.41) is 14.9. The maximum atomic E-state index is 12.7. The molecule has 1 aromatic heterocycles. The largest absolute Gasteiger partial charge is 0.481 e. The first-order valence-corrected chi connectivity index (χ1v) is 11.9. The van der Waals surface area contributed by atoms with Gasteiger partial charge in [0.1, 0.15) is 5.82 Å². The second-order valence-corrected chi connectivity index (χ2v) is 9.12. The molecule has 0 radical (unpaired) electrons. The minimum Gasteiger partial charge on any atom is -0.481 e. The first-order valence-electron chi connectivity index (χ1n) is 11.9. The second-order valence-electron chi connectivity index (χ2n) is 9.12. The highest BCUT2D eigenvalue weighted by Crippen LogP contribution is 2.30. The standard InChI is InChI=1S/C27H27F3N4O3/c1-17-14-22(33-26(37)19-2-4-20(5-3-19)27(28,29)30)16-31-25(17)32-21-6-8-23(9-7-21)34-12-10-18(11-13-34)15-24(35)36/h2-9,14,16,18H,10-13,15H2,1H3,(H,31,32)(H,33,37)(H,35,36). The van der Waals surface area contributed by atoms with Gasteiger partial charge >= 0.3 is 12.1 Å². The molecular weight excluding hydrogens is 485 g/mol. The Morgan fingerprint density at radius 1 is 1.03 bits per heavy atom. The molecule has 0 bridgehead atoms. The zero-order valence-corrected chi connectivity index (χ0v) is 20.2. The smallest absolute Gasteiger partial charge is 0.416 e. The summed E-state index contributed by atoms with van der Waals surface area (Å²) in [5.41, 5.74) is 2.40. The molecule has 37 heavy (non-hydrogen) atoms. The Hall–Kier alpha value is -4.08. The van der Waals surface area contributed by atoms with Crippen LogP contribution in [0.3, 0.4) is 0 Å². The van der Waals surface area contributed by atoms with Crippen molar-refractivity contribution in [3.05, 3.63) is 77.5 Å². The van der Waals surface area contributed by atoms with E-state index < -0.39 is 23.6 Å². The predicted octanol–water partition coefficient (Wildman–Crippen LogP) is 6.10. The number of carbonyl (C=O) groups is 2. The van der Waals surface area contributed by atoms with Gasteiger partial charge in [0, 0.05) is 36.4 Å². The van der Waals surface area contributed by atoms with Gasteiger partial charge in [0.25, 0.3) is 5.91 Å². The van der Waals surface area contributed by atoms with E-state index in [0.29, 0.717) is 11.5 Å². The molecule has 3 N–H and O–H groups in total. The number of piperidine rings is 1. The van der Waals surface area contributed by atoms with E-state index in [1.165, 1.54) is 6.20 Å². The molecule has 194 valence electrons. The van der Waals surface area contributed by atoms with E-state index in [4.69, 9.17) is 5.11 Å². The maximum absolute atomic E-state index is 12.7. The lowest BCUT2D eigenvalue weighted by atomic mass is 9.93. The third kappa shape index (κ3) is 6.78. The molecule has 0 atom stereocenters. The summed E-state index contributed by atoms with van der Waals surface area (Å²) in [7, 11) is 0. The number of benzene rings is 2. The summed E-state index contributed by atoms with van der Waals surface area (Å²) in [6.07, 6.45) is -1.04. The highest BCUT2D eigenvalue weighted by Gasteiger charge is 2.30. The number of halogens is 3. The summed E-state index contributed by atoms with van der Waals surface area (Å²) < 4.78 is 38.2. The number of hydrogen-bond donors (Lipinski definition) is 3. The highest BCUT2D eigenvalue weighted by atomic mass is 19.4. The van der Waals surface area contributed by atoms with Crippen LogP contribution in [0, 0.1) is 12.8 Å². The Balaban J connectivity index is 1.34. The average molecular weight is 513 g/mol. The van der Waals surface area contributed by atoms with Crippen LogP contribution in [0.5, 0.6) is 0 Å². The summed E-state index contributed by atoms with van der Waals surface area (Å²) >= 11 is 0. The van der Waals surface area contributed by atoms with Crippen LogP contribution in [0.4, 0.5) is 36.1 Å². The molecule has 1 fully saturated rings. The zero-order valence-electron chi connectivity index (χ0n) is 20.2. The molecule has 4 rings (SSSR count). The Bertz CT molecular complexity index is 1250. The van der Waals surface area contributed by atoms with Gasteiger partial charge in [0.05, 0.1) is 17.4 Å². The van der Waals surface area contributed by atoms with Gasteiger partial charge in [-0.25, -0.2) is 4.98 Å². The molecular formula is C27H27F3N4O3. The van der Waals surface area contributed by atoms with E-state index in [1.807, 2.05) is 31.2 Å². The fourth-order valence-corrected chi connectivity index (χ4v) is 4.32. The number of aliphatic carboxylic acids is 1. The maximum Gasteiger partial charge on any atom is 0.416 e. The number of aromatic nitrogens is 1. The van der Waals surface area contributed by atoms with Gasteiger partial charge < -0.3 is 20.6 Å². The molecule has 3 aromatic rings. The van der Waals surface area contributed by atoms with Crippen molar-refractivity contribution in [3.63, 3.8) is 0 Å². The van der Waals surface area contributed by atoms with Gasteiger partial charge in [-0.2, -0.15) is 13.2 Å². The van der Waals surface area contributed by atoms with E-state index in [9.17, 15) is 22.8 Å². The molecule has 7 nitrogen and oxygen atoms in total. The van der Waals surface area contributed by atoms with Gasteiger partial charge in [0.15, 0.2) is 0 Å².